The van der Waals surface area contributed by atoms with E-state index in [4.69, 9.17) is 14.2 Å². The van der Waals surface area contributed by atoms with E-state index in [9.17, 15) is 14.4 Å². The molecule has 0 saturated carbocycles. The molecule has 0 amide bonds. The van der Waals surface area contributed by atoms with Crippen LogP contribution in [0.3, 0.4) is 0 Å². The summed E-state index contributed by atoms with van der Waals surface area (Å²) in [5.74, 6) is -1.05. The Morgan fingerprint density at radius 2 is 0.547 bits per heavy atom. The van der Waals surface area contributed by atoms with Gasteiger partial charge in [-0.3, -0.25) is 14.4 Å². The van der Waals surface area contributed by atoms with Crippen LogP contribution < -0.4 is 0 Å². The van der Waals surface area contributed by atoms with E-state index in [1.54, 1.807) is 0 Å². The predicted octanol–water partition coefficient (Wildman–Crippen LogP) is 20.5. The van der Waals surface area contributed by atoms with Crippen molar-refractivity contribution in [3.63, 3.8) is 0 Å². The van der Waals surface area contributed by atoms with Gasteiger partial charge in [-0.05, 0) is 116 Å². The second-order valence-corrected chi connectivity index (χ2v) is 19.1. The van der Waals surface area contributed by atoms with Gasteiger partial charge in [-0.1, -0.05) is 262 Å². The highest BCUT2D eigenvalue weighted by atomic mass is 16.6. The third-order valence-electron chi connectivity index (χ3n) is 12.0. The number of hydrogen-bond donors (Lipinski definition) is 0. The normalized spacial score (nSPS) is 13.3. The van der Waals surface area contributed by atoms with Crippen LogP contribution in [0.2, 0.25) is 0 Å². The van der Waals surface area contributed by atoms with Crippen LogP contribution in [0.4, 0.5) is 0 Å². The molecule has 0 rings (SSSR count). The number of esters is 3. The number of rotatable bonds is 52. The number of allylic oxidation sites excluding steroid dienone is 26. The standard InChI is InChI=1S/C69H108O6/c1-4-7-10-13-16-19-22-25-27-29-31-32-33-34-35-36-38-39-41-44-47-50-53-56-59-62-68(71)74-65-66(64-73-67(70)61-58-55-52-49-46-43-24-21-18-15-12-9-6-3)75-69(72)63-60-57-54-51-48-45-42-40-37-30-28-26-23-20-17-14-11-8-5-2/h7-8,10-11,16-17,19-20,25-28,31-32,34-35,37-40,44-45,47-48,54,57,66H,4-6,9,12-15,18,21-24,29-30,33,36,41-43,46,49-53,55-56,58-65H2,1-3H3/b10-7-,11-8-,19-16-,20-17-,27-25-,28-26-,32-31-,35-34-,39-38-,40-37-,47-44-,48-45-,57-54-. The fourth-order valence-electron chi connectivity index (χ4n) is 7.62. The van der Waals surface area contributed by atoms with Gasteiger partial charge in [0.1, 0.15) is 13.2 Å². The van der Waals surface area contributed by atoms with Crippen LogP contribution in [0, 0.1) is 0 Å². The van der Waals surface area contributed by atoms with Crippen LogP contribution in [0.5, 0.6) is 0 Å². The molecule has 0 aliphatic carbocycles. The van der Waals surface area contributed by atoms with Crippen LogP contribution in [0.15, 0.2) is 158 Å². The Hall–Kier alpha value is -4.97. The molecule has 0 aromatic rings. The van der Waals surface area contributed by atoms with Gasteiger partial charge < -0.3 is 14.2 Å². The maximum Gasteiger partial charge on any atom is 0.306 e. The summed E-state index contributed by atoms with van der Waals surface area (Å²) in [6.07, 6.45) is 89.6. The summed E-state index contributed by atoms with van der Waals surface area (Å²) >= 11 is 0. The minimum atomic E-state index is -0.839. The number of ether oxygens (including phenoxy) is 3. The van der Waals surface area contributed by atoms with Crippen molar-refractivity contribution >= 4 is 17.9 Å². The van der Waals surface area contributed by atoms with E-state index in [2.05, 4.69) is 167 Å². The average Bonchev–Trinajstić information content (AvgIpc) is 3.41. The zero-order chi connectivity index (χ0) is 54.3. The molecule has 0 aliphatic rings. The Morgan fingerprint density at radius 1 is 0.280 bits per heavy atom. The monoisotopic (exact) mass is 1030 g/mol. The lowest BCUT2D eigenvalue weighted by molar-refractivity contribution is -0.166. The number of hydrogen-bond acceptors (Lipinski definition) is 6. The van der Waals surface area contributed by atoms with Crippen LogP contribution in [-0.2, 0) is 28.6 Å². The molecule has 1 unspecified atom stereocenters. The van der Waals surface area contributed by atoms with Crippen molar-refractivity contribution in [1.29, 1.82) is 0 Å². The number of carbonyl (C=O) groups excluding carboxylic acids is 3. The zero-order valence-electron chi connectivity index (χ0n) is 48.0. The molecule has 6 nitrogen and oxygen atoms in total. The molecule has 75 heavy (non-hydrogen) atoms. The SMILES string of the molecule is CC/C=C\C/C=C\C/C=C\C/C=C\C/C=C\C/C=C\C/C=C\CCCCCC(=O)OCC(COC(=O)CCCCCCCCCCCCCCC)OC(=O)CC/C=C\C/C=C\C/C=C\C/C=C\C/C=C\C/C=C\CC. The van der Waals surface area contributed by atoms with Gasteiger partial charge in [-0.25, -0.2) is 0 Å². The summed E-state index contributed by atoms with van der Waals surface area (Å²) in [6.45, 7) is 6.31. The Kier molecular flexibility index (Phi) is 57.5. The van der Waals surface area contributed by atoms with E-state index in [0.29, 0.717) is 19.3 Å². The van der Waals surface area contributed by atoms with E-state index in [-0.39, 0.29) is 31.6 Å². The van der Waals surface area contributed by atoms with Gasteiger partial charge in [-0.2, -0.15) is 0 Å². The maximum atomic E-state index is 12.8. The molecule has 0 N–H and O–H groups in total. The largest absolute Gasteiger partial charge is 0.462 e. The van der Waals surface area contributed by atoms with Crippen molar-refractivity contribution in [2.24, 2.45) is 0 Å². The molecule has 6 heteroatoms. The fraction of sp³-hybridized carbons (Fsp3) is 0.580. The van der Waals surface area contributed by atoms with Crippen molar-refractivity contribution in [2.45, 2.75) is 245 Å². The van der Waals surface area contributed by atoms with Crippen molar-refractivity contribution < 1.29 is 28.6 Å². The van der Waals surface area contributed by atoms with E-state index < -0.39 is 12.1 Å². The van der Waals surface area contributed by atoms with Gasteiger partial charge in [0, 0.05) is 19.3 Å². The minimum absolute atomic E-state index is 0.124. The van der Waals surface area contributed by atoms with E-state index in [1.165, 1.54) is 64.2 Å². The topological polar surface area (TPSA) is 78.9 Å². The first kappa shape index (κ1) is 70.0. The second kappa shape index (κ2) is 61.6. The Bertz CT molecular complexity index is 1710. The lowest BCUT2D eigenvalue weighted by Crippen LogP contribution is -2.30. The molecule has 1 atom stereocenters. The van der Waals surface area contributed by atoms with Gasteiger partial charge in [0.05, 0.1) is 0 Å². The second-order valence-electron chi connectivity index (χ2n) is 19.1. The summed E-state index contributed by atoms with van der Waals surface area (Å²) in [5, 5.41) is 0. The zero-order valence-corrected chi connectivity index (χ0v) is 48.0. The van der Waals surface area contributed by atoms with Crippen LogP contribution in [-0.4, -0.2) is 37.2 Å². The molecule has 0 aromatic heterocycles. The first-order valence-corrected chi connectivity index (χ1v) is 30.0. The molecule has 0 radical (unpaired) electrons. The van der Waals surface area contributed by atoms with Gasteiger partial charge in [0.25, 0.3) is 0 Å². The fourth-order valence-corrected chi connectivity index (χ4v) is 7.62. The number of unbranched alkanes of at least 4 members (excludes halogenated alkanes) is 15. The quantitative estimate of drug-likeness (QED) is 0.0261. The maximum absolute atomic E-state index is 12.8. The molecule has 0 saturated heterocycles. The molecule has 0 aromatic carbocycles. The summed E-state index contributed by atoms with van der Waals surface area (Å²) in [7, 11) is 0. The highest BCUT2D eigenvalue weighted by Gasteiger charge is 2.19. The lowest BCUT2D eigenvalue weighted by atomic mass is 10.0. The molecule has 0 aliphatic heterocycles. The van der Waals surface area contributed by atoms with Crippen molar-refractivity contribution in [1.82, 2.24) is 0 Å². The van der Waals surface area contributed by atoms with E-state index >= 15 is 0 Å². The number of carbonyl (C=O) groups is 3. The Labute approximate surface area is 460 Å². The minimum Gasteiger partial charge on any atom is -0.462 e. The summed E-state index contributed by atoms with van der Waals surface area (Å²) in [6, 6.07) is 0. The Morgan fingerprint density at radius 3 is 0.867 bits per heavy atom. The molecule has 420 valence electrons. The molecule has 0 heterocycles. The first-order chi connectivity index (χ1) is 37.0. The highest BCUT2D eigenvalue weighted by Crippen LogP contribution is 2.14. The third-order valence-corrected chi connectivity index (χ3v) is 12.0. The van der Waals surface area contributed by atoms with Gasteiger partial charge in [0.2, 0.25) is 0 Å². The predicted molar refractivity (Wildman–Crippen MR) is 325 cm³/mol. The first-order valence-electron chi connectivity index (χ1n) is 30.0. The molecule has 0 spiro atoms. The summed E-state index contributed by atoms with van der Waals surface area (Å²) in [4.78, 5) is 38.2. The van der Waals surface area contributed by atoms with Crippen molar-refractivity contribution in [3.05, 3.63) is 158 Å². The van der Waals surface area contributed by atoms with Gasteiger partial charge in [-0.15, -0.1) is 0 Å². The third kappa shape index (κ3) is 59.8. The van der Waals surface area contributed by atoms with Crippen LogP contribution >= 0.6 is 0 Å². The van der Waals surface area contributed by atoms with Crippen LogP contribution in [0.1, 0.15) is 239 Å². The van der Waals surface area contributed by atoms with Gasteiger partial charge in [0.15, 0.2) is 6.10 Å². The smallest absolute Gasteiger partial charge is 0.306 e. The van der Waals surface area contributed by atoms with E-state index in [0.717, 1.165) is 128 Å². The average molecular weight is 1030 g/mol. The molecule has 0 fully saturated rings. The van der Waals surface area contributed by atoms with Crippen molar-refractivity contribution in [3.8, 4) is 0 Å². The summed E-state index contributed by atoms with van der Waals surface area (Å²) in [5.41, 5.74) is 0. The van der Waals surface area contributed by atoms with E-state index in [1.807, 2.05) is 12.2 Å². The lowest BCUT2D eigenvalue weighted by Gasteiger charge is -2.18. The highest BCUT2D eigenvalue weighted by molar-refractivity contribution is 5.71. The Balaban J connectivity index is 4.55. The molecule has 0 bridgehead atoms. The summed E-state index contributed by atoms with van der Waals surface area (Å²) < 4.78 is 16.8. The van der Waals surface area contributed by atoms with Crippen molar-refractivity contribution in [2.75, 3.05) is 13.2 Å². The van der Waals surface area contributed by atoms with Crippen LogP contribution in [0.25, 0.3) is 0 Å². The molecular formula is C69H108O6. The molecular weight excluding hydrogens is 925 g/mol. The van der Waals surface area contributed by atoms with Gasteiger partial charge >= 0.3 is 17.9 Å².